The zero-order valence-electron chi connectivity index (χ0n) is 17.0. The maximum absolute atomic E-state index is 4.76. The Kier molecular flexibility index (Phi) is 7.72. The topological polar surface area (TPSA) is 42.9 Å². The lowest BCUT2D eigenvalue weighted by molar-refractivity contribution is 0.132. The van der Waals surface area contributed by atoms with Gasteiger partial charge in [0.1, 0.15) is 0 Å². The van der Waals surface area contributed by atoms with Gasteiger partial charge < -0.3 is 15.5 Å². The number of nitrogens with zero attached hydrogens (tertiary/aromatic N) is 3. The normalized spacial score (nSPS) is 19.6. The van der Waals surface area contributed by atoms with Crippen molar-refractivity contribution in [3.8, 4) is 0 Å². The van der Waals surface area contributed by atoms with E-state index in [1.54, 1.807) is 0 Å². The summed E-state index contributed by atoms with van der Waals surface area (Å²) in [7, 11) is 0. The van der Waals surface area contributed by atoms with Gasteiger partial charge >= 0.3 is 0 Å². The number of benzene rings is 1. The van der Waals surface area contributed by atoms with Gasteiger partial charge in [0.2, 0.25) is 0 Å². The van der Waals surface area contributed by atoms with Crippen molar-refractivity contribution in [3.05, 3.63) is 47.5 Å². The van der Waals surface area contributed by atoms with Crippen molar-refractivity contribution in [1.29, 1.82) is 0 Å². The van der Waals surface area contributed by atoms with Crippen LogP contribution in [0.25, 0.3) is 0 Å². The maximum atomic E-state index is 4.76. The summed E-state index contributed by atoms with van der Waals surface area (Å²) in [6.45, 7) is 12.9. The van der Waals surface area contributed by atoms with E-state index in [0.717, 1.165) is 31.9 Å². The minimum Gasteiger partial charge on any atom is -0.357 e. The second-order valence-corrected chi connectivity index (χ2v) is 7.51. The molecule has 0 amide bonds. The van der Waals surface area contributed by atoms with Crippen LogP contribution in [0.2, 0.25) is 0 Å². The molecule has 1 aromatic carbocycles. The molecule has 2 aliphatic rings. The van der Waals surface area contributed by atoms with Crippen LogP contribution in [0.3, 0.4) is 0 Å². The van der Waals surface area contributed by atoms with Gasteiger partial charge in [0.25, 0.3) is 0 Å². The summed E-state index contributed by atoms with van der Waals surface area (Å²) in [6, 6.07) is 9.46. The second kappa shape index (κ2) is 10.5. The van der Waals surface area contributed by atoms with Crippen LogP contribution >= 0.6 is 0 Å². The van der Waals surface area contributed by atoms with Gasteiger partial charge in [-0.2, -0.15) is 0 Å². The Balaban J connectivity index is 1.48. The summed E-state index contributed by atoms with van der Waals surface area (Å²) in [5, 5.41) is 6.88. The fourth-order valence-electron chi connectivity index (χ4n) is 3.69. The third kappa shape index (κ3) is 6.36. The molecular formula is C22H35N5. The van der Waals surface area contributed by atoms with E-state index < -0.39 is 0 Å². The number of likely N-dealkylation sites (N-methyl/N-ethyl adjacent to an activating group) is 1. The summed E-state index contributed by atoms with van der Waals surface area (Å²) in [5.74, 6) is 0.920. The number of piperazine rings is 1. The Bertz CT molecular complexity index is 606. The molecular weight excluding hydrogens is 334 g/mol. The summed E-state index contributed by atoms with van der Waals surface area (Å²) in [4.78, 5) is 9.84. The smallest absolute Gasteiger partial charge is 0.191 e. The molecule has 1 aromatic rings. The van der Waals surface area contributed by atoms with Crippen molar-refractivity contribution in [3.63, 3.8) is 0 Å². The van der Waals surface area contributed by atoms with Crippen LogP contribution in [0.15, 0.2) is 41.4 Å². The van der Waals surface area contributed by atoms with Gasteiger partial charge in [-0.1, -0.05) is 43.3 Å². The zero-order valence-corrected chi connectivity index (χ0v) is 17.0. The number of hydrogen-bond donors (Lipinski definition) is 2. The molecule has 2 N–H and O–H groups in total. The van der Waals surface area contributed by atoms with Gasteiger partial charge in [0.05, 0.1) is 6.54 Å². The molecule has 0 bridgehead atoms. The number of rotatable bonds is 7. The van der Waals surface area contributed by atoms with Crippen molar-refractivity contribution in [2.24, 2.45) is 4.99 Å². The number of aliphatic imine (C=N–C) groups is 1. The standard InChI is InChI=1S/C22H35N5/c1-3-23-22(25-21-7-5-6-8-21)24-17-19-9-11-20(12-10-19)18-27-15-13-26(4-2)14-16-27/h5-6,9-12,21H,3-4,7-8,13-18H2,1-2H3,(H2,23,24,25). The minimum atomic E-state index is 0.485. The fraction of sp³-hybridized carbons (Fsp3) is 0.591. The fourth-order valence-corrected chi connectivity index (χ4v) is 3.69. The van der Waals surface area contributed by atoms with E-state index in [2.05, 4.69) is 70.7 Å². The minimum absolute atomic E-state index is 0.485. The van der Waals surface area contributed by atoms with Crippen LogP contribution in [-0.2, 0) is 13.1 Å². The Morgan fingerprint density at radius 2 is 1.59 bits per heavy atom. The van der Waals surface area contributed by atoms with Gasteiger partial charge in [0, 0.05) is 45.3 Å². The van der Waals surface area contributed by atoms with Gasteiger partial charge in [-0.05, 0) is 37.4 Å². The molecule has 1 aliphatic carbocycles. The number of guanidine groups is 1. The first-order valence-corrected chi connectivity index (χ1v) is 10.5. The monoisotopic (exact) mass is 369 g/mol. The molecule has 148 valence electrons. The zero-order chi connectivity index (χ0) is 18.9. The van der Waals surface area contributed by atoms with Crippen molar-refractivity contribution in [1.82, 2.24) is 20.4 Å². The average molecular weight is 370 g/mol. The molecule has 5 nitrogen and oxygen atoms in total. The molecule has 0 atom stereocenters. The lowest BCUT2D eigenvalue weighted by atomic mass is 10.1. The molecule has 27 heavy (non-hydrogen) atoms. The van der Waals surface area contributed by atoms with Crippen LogP contribution in [0.1, 0.15) is 37.8 Å². The Hall–Kier alpha value is -1.85. The third-order valence-corrected chi connectivity index (χ3v) is 5.45. The summed E-state index contributed by atoms with van der Waals surface area (Å²) >= 11 is 0. The van der Waals surface area contributed by atoms with Crippen molar-refractivity contribution in [2.45, 2.75) is 45.8 Å². The molecule has 1 fully saturated rings. The third-order valence-electron chi connectivity index (χ3n) is 5.45. The van der Waals surface area contributed by atoms with Crippen LogP contribution in [0.5, 0.6) is 0 Å². The van der Waals surface area contributed by atoms with Gasteiger partial charge in [-0.15, -0.1) is 0 Å². The van der Waals surface area contributed by atoms with E-state index in [4.69, 9.17) is 4.99 Å². The maximum Gasteiger partial charge on any atom is 0.191 e. The lowest BCUT2D eigenvalue weighted by Gasteiger charge is -2.34. The molecule has 0 aromatic heterocycles. The molecule has 0 saturated carbocycles. The average Bonchev–Trinajstić information content (AvgIpc) is 3.21. The largest absolute Gasteiger partial charge is 0.357 e. The Labute approximate surface area is 164 Å². The number of nitrogens with one attached hydrogen (secondary N) is 2. The first-order valence-electron chi connectivity index (χ1n) is 10.5. The molecule has 0 spiro atoms. The molecule has 1 heterocycles. The van der Waals surface area contributed by atoms with Crippen LogP contribution in [0, 0.1) is 0 Å². The first kappa shape index (κ1) is 19.9. The van der Waals surface area contributed by atoms with E-state index in [9.17, 15) is 0 Å². The highest BCUT2D eigenvalue weighted by Gasteiger charge is 2.15. The Morgan fingerprint density at radius 3 is 2.22 bits per heavy atom. The SMILES string of the molecule is CCNC(=NCc1ccc(CN2CCN(CC)CC2)cc1)NC1CC=CC1. The summed E-state index contributed by atoms with van der Waals surface area (Å²) in [6.07, 6.45) is 6.65. The van der Waals surface area contributed by atoms with Crippen molar-refractivity contribution < 1.29 is 0 Å². The second-order valence-electron chi connectivity index (χ2n) is 7.51. The van der Waals surface area contributed by atoms with Crippen LogP contribution in [-0.4, -0.2) is 61.1 Å². The summed E-state index contributed by atoms with van der Waals surface area (Å²) in [5.41, 5.74) is 2.66. The quantitative estimate of drug-likeness (QED) is 0.440. The molecule has 1 aliphatic heterocycles. The molecule has 3 rings (SSSR count). The predicted octanol–water partition coefficient (Wildman–Crippen LogP) is 2.60. The Morgan fingerprint density at radius 1 is 0.963 bits per heavy atom. The highest BCUT2D eigenvalue weighted by molar-refractivity contribution is 5.80. The highest BCUT2D eigenvalue weighted by atomic mass is 15.3. The van der Waals surface area contributed by atoms with Gasteiger partial charge in [-0.25, -0.2) is 4.99 Å². The molecule has 0 radical (unpaired) electrons. The summed E-state index contributed by atoms with van der Waals surface area (Å²) < 4.78 is 0. The van der Waals surface area contributed by atoms with E-state index in [-0.39, 0.29) is 0 Å². The molecule has 5 heteroatoms. The van der Waals surface area contributed by atoms with Crippen molar-refractivity contribution in [2.75, 3.05) is 39.3 Å². The van der Waals surface area contributed by atoms with E-state index in [1.165, 1.54) is 43.9 Å². The van der Waals surface area contributed by atoms with E-state index in [0.29, 0.717) is 12.6 Å². The molecule has 0 unspecified atom stereocenters. The van der Waals surface area contributed by atoms with Crippen LogP contribution < -0.4 is 10.6 Å². The van der Waals surface area contributed by atoms with E-state index in [1.807, 2.05) is 0 Å². The predicted molar refractivity (Wildman–Crippen MR) is 114 cm³/mol. The van der Waals surface area contributed by atoms with Gasteiger partial charge in [-0.3, -0.25) is 4.90 Å². The van der Waals surface area contributed by atoms with Crippen molar-refractivity contribution >= 4 is 5.96 Å². The molecule has 1 saturated heterocycles. The number of hydrogen-bond acceptors (Lipinski definition) is 3. The highest BCUT2D eigenvalue weighted by Crippen LogP contribution is 2.12. The van der Waals surface area contributed by atoms with Crippen LogP contribution in [0.4, 0.5) is 0 Å². The van der Waals surface area contributed by atoms with Gasteiger partial charge in [0.15, 0.2) is 5.96 Å². The van der Waals surface area contributed by atoms with E-state index >= 15 is 0 Å². The lowest BCUT2D eigenvalue weighted by Crippen LogP contribution is -2.45. The first-order chi connectivity index (χ1) is 13.3.